The normalized spacial score (nSPS) is 14.6. The lowest BCUT2D eigenvalue weighted by molar-refractivity contribution is -0.122. The van der Waals surface area contributed by atoms with Gasteiger partial charge in [-0.05, 0) is 60.3 Å². The molecule has 1 aliphatic rings. The molecule has 3 aromatic carbocycles. The minimum absolute atomic E-state index is 0.0589. The van der Waals surface area contributed by atoms with Crippen LogP contribution in [0, 0.1) is 0 Å². The van der Waals surface area contributed by atoms with E-state index in [-0.39, 0.29) is 22.9 Å². The van der Waals surface area contributed by atoms with E-state index in [1.807, 2.05) is 0 Å². The maximum atomic E-state index is 13.3. The number of benzene rings is 3. The van der Waals surface area contributed by atoms with Crippen LogP contribution in [0.25, 0.3) is 6.08 Å². The van der Waals surface area contributed by atoms with Crippen molar-refractivity contribution >= 4 is 58.5 Å². The zero-order valence-corrected chi connectivity index (χ0v) is 20.4. The Morgan fingerprint density at radius 3 is 2.50 bits per heavy atom. The third kappa shape index (κ3) is 5.22. The number of ether oxygens (including phenoxy) is 2. The van der Waals surface area contributed by atoms with E-state index in [1.54, 1.807) is 54.6 Å². The van der Waals surface area contributed by atoms with Gasteiger partial charge in [0.1, 0.15) is 12.2 Å². The number of hydrogen-bond donors (Lipinski definition) is 2. The number of carboxylic acids is 1. The van der Waals surface area contributed by atoms with Crippen molar-refractivity contribution < 1.29 is 29.0 Å². The number of aromatic carboxylic acids is 1. The molecule has 10 heteroatoms. The van der Waals surface area contributed by atoms with Crippen molar-refractivity contribution in [2.75, 3.05) is 12.0 Å². The highest BCUT2D eigenvalue weighted by Crippen LogP contribution is 2.34. The quantitative estimate of drug-likeness (QED) is 0.268. The molecule has 0 unspecified atom stereocenters. The maximum Gasteiger partial charge on any atom is 0.335 e. The van der Waals surface area contributed by atoms with E-state index in [9.17, 15) is 14.4 Å². The Hall–Kier alpha value is -4.21. The van der Waals surface area contributed by atoms with E-state index >= 15 is 0 Å². The number of rotatable bonds is 7. The predicted molar refractivity (Wildman–Crippen MR) is 138 cm³/mol. The number of nitrogens with one attached hydrogen (secondary N) is 1. The Morgan fingerprint density at radius 2 is 1.83 bits per heavy atom. The molecule has 0 aliphatic carbocycles. The monoisotopic (exact) mass is 522 g/mol. The average molecular weight is 523 g/mol. The van der Waals surface area contributed by atoms with Crippen molar-refractivity contribution in [1.82, 2.24) is 5.32 Å². The highest BCUT2D eigenvalue weighted by Gasteiger charge is 2.35. The summed E-state index contributed by atoms with van der Waals surface area (Å²) in [7, 11) is 1.47. The van der Waals surface area contributed by atoms with Crippen LogP contribution in [0.2, 0.25) is 5.02 Å². The summed E-state index contributed by atoms with van der Waals surface area (Å²) in [6.45, 7) is 0.0926. The number of hydrogen-bond acceptors (Lipinski definition) is 6. The van der Waals surface area contributed by atoms with Gasteiger partial charge in [0.05, 0.1) is 18.4 Å². The number of halogens is 1. The number of carbonyl (C=O) groups excluding carboxylic acids is 2. The van der Waals surface area contributed by atoms with Crippen molar-refractivity contribution in [3.63, 3.8) is 0 Å². The molecule has 1 heterocycles. The van der Waals surface area contributed by atoms with Gasteiger partial charge >= 0.3 is 5.97 Å². The van der Waals surface area contributed by atoms with Crippen LogP contribution in [0.4, 0.5) is 5.69 Å². The lowest BCUT2D eigenvalue weighted by atomic mass is 10.1. The summed E-state index contributed by atoms with van der Waals surface area (Å²) in [6.07, 6.45) is 1.41. The first-order valence-corrected chi connectivity index (χ1v) is 11.4. The van der Waals surface area contributed by atoms with E-state index in [2.05, 4.69) is 5.32 Å². The average Bonchev–Trinajstić information content (AvgIpc) is 2.85. The fourth-order valence-electron chi connectivity index (χ4n) is 3.52. The minimum atomic E-state index is -1.03. The van der Waals surface area contributed by atoms with Crippen molar-refractivity contribution in [2.45, 2.75) is 6.61 Å². The molecule has 1 aliphatic heterocycles. The van der Waals surface area contributed by atoms with Gasteiger partial charge in [0.2, 0.25) is 0 Å². The first-order valence-electron chi connectivity index (χ1n) is 10.6. The predicted octanol–water partition coefficient (Wildman–Crippen LogP) is 4.46. The minimum Gasteiger partial charge on any atom is -0.493 e. The molecule has 0 aromatic heterocycles. The van der Waals surface area contributed by atoms with Gasteiger partial charge in [0.15, 0.2) is 16.6 Å². The second-order valence-corrected chi connectivity index (χ2v) is 8.43. The molecule has 8 nitrogen and oxygen atoms in total. The molecule has 2 amide bonds. The van der Waals surface area contributed by atoms with Crippen LogP contribution in [-0.2, 0) is 16.2 Å². The van der Waals surface area contributed by atoms with Crippen LogP contribution >= 0.6 is 23.8 Å². The smallest absolute Gasteiger partial charge is 0.335 e. The Morgan fingerprint density at radius 1 is 1.11 bits per heavy atom. The van der Waals surface area contributed by atoms with Crippen LogP contribution < -0.4 is 19.7 Å². The summed E-state index contributed by atoms with van der Waals surface area (Å²) in [6, 6.07) is 17.8. The molecular weight excluding hydrogens is 504 g/mol. The molecule has 4 rings (SSSR count). The summed E-state index contributed by atoms with van der Waals surface area (Å²) < 4.78 is 11.4. The van der Waals surface area contributed by atoms with Crippen molar-refractivity contribution in [2.24, 2.45) is 0 Å². The molecular formula is C26H19ClN2O6S. The van der Waals surface area contributed by atoms with E-state index in [0.717, 1.165) is 0 Å². The maximum absolute atomic E-state index is 13.3. The molecule has 36 heavy (non-hydrogen) atoms. The number of thiocarbonyl (C=S) groups is 1. The molecule has 0 bridgehead atoms. The van der Waals surface area contributed by atoms with Gasteiger partial charge < -0.3 is 14.6 Å². The number of nitrogens with zero attached hydrogens (tertiary/aromatic N) is 1. The lowest BCUT2D eigenvalue weighted by Crippen LogP contribution is -2.54. The van der Waals surface area contributed by atoms with Gasteiger partial charge in [-0.2, -0.15) is 0 Å². The summed E-state index contributed by atoms with van der Waals surface area (Å²) in [5, 5.41) is 12.0. The van der Waals surface area contributed by atoms with Crippen molar-refractivity contribution in [3.05, 3.63) is 94.0 Å². The molecule has 0 spiro atoms. The van der Waals surface area contributed by atoms with E-state index in [1.165, 1.54) is 30.2 Å². The van der Waals surface area contributed by atoms with Gasteiger partial charge in [0, 0.05) is 10.6 Å². The number of carboxylic acid groups (broad SMARTS) is 1. The highest BCUT2D eigenvalue weighted by atomic mass is 35.5. The third-order valence-electron chi connectivity index (χ3n) is 5.28. The van der Waals surface area contributed by atoms with Crippen LogP contribution in [0.3, 0.4) is 0 Å². The Kier molecular flexibility index (Phi) is 7.33. The number of methoxy groups -OCH3 is 1. The Balaban J connectivity index is 1.67. The summed E-state index contributed by atoms with van der Waals surface area (Å²) in [5.41, 5.74) is 1.55. The summed E-state index contributed by atoms with van der Waals surface area (Å²) in [4.78, 5) is 38.3. The zero-order valence-electron chi connectivity index (χ0n) is 18.9. The topological polar surface area (TPSA) is 105 Å². The number of anilines is 1. The second kappa shape index (κ2) is 10.6. The highest BCUT2D eigenvalue weighted by molar-refractivity contribution is 7.80. The summed E-state index contributed by atoms with van der Waals surface area (Å²) >= 11 is 11.3. The first kappa shape index (κ1) is 24.9. The van der Waals surface area contributed by atoms with Gasteiger partial charge in [-0.1, -0.05) is 41.9 Å². The fourth-order valence-corrected chi connectivity index (χ4v) is 3.99. The van der Waals surface area contributed by atoms with Gasteiger partial charge in [0.25, 0.3) is 11.8 Å². The molecule has 0 saturated carbocycles. The molecule has 3 aromatic rings. The third-order valence-corrected chi connectivity index (χ3v) is 5.80. The van der Waals surface area contributed by atoms with Crippen LogP contribution in [-0.4, -0.2) is 35.1 Å². The van der Waals surface area contributed by atoms with Gasteiger partial charge in [-0.25, -0.2) is 4.79 Å². The molecule has 2 N–H and O–H groups in total. The van der Waals surface area contributed by atoms with E-state index < -0.39 is 17.8 Å². The first-order chi connectivity index (χ1) is 17.3. The molecule has 0 radical (unpaired) electrons. The number of para-hydroxylation sites is 1. The van der Waals surface area contributed by atoms with Crippen LogP contribution in [0.5, 0.6) is 11.5 Å². The van der Waals surface area contributed by atoms with Gasteiger partial charge in [-0.15, -0.1) is 0 Å². The molecule has 182 valence electrons. The van der Waals surface area contributed by atoms with Crippen molar-refractivity contribution in [1.29, 1.82) is 0 Å². The van der Waals surface area contributed by atoms with Gasteiger partial charge in [-0.3, -0.25) is 19.8 Å². The molecule has 1 saturated heterocycles. The fraction of sp³-hybridized carbons (Fsp3) is 0.0769. The standard InChI is InChI=1S/C26H19ClN2O6S/c1-34-21-7-2-4-17(22(21)35-14-15-8-10-16(11-9-15)25(32)33)12-20-23(30)28-26(36)29(24(20)31)19-6-3-5-18(27)13-19/h2-13H,14H2,1H3,(H,32,33)(H,28,30,36)/b20-12+. The largest absolute Gasteiger partial charge is 0.493 e. The Bertz CT molecular complexity index is 1400. The number of amides is 2. The summed E-state index contributed by atoms with van der Waals surface area (Å²) in [5.74, 6) is -1.61. The molecule has 1 fully saturated rings. The lowest BCUT2D eigenvalue weighted by Gasteiger charge is -2.29. The molecule has 0 atom stereocenters. The number of carbonyl (C=O) groups is 3. The zero-order chi connectivity index (χ0) is 25.8. The van der Waals surface area contributed by atoms with Crippen molar-refractivity contribution in [3.8, 4) is 11.5 Å². The Labute approximate surface area is 216 Å². The SMILES string of the molecule is COc1cccc(/C=C2\C(=O)NC(=S)N(c3cccc(Cl)c3)C2=O)c1OCc1ccc(C(=O)O)cc1. The van der Waals surface area contributed by atoms with E-state index in [4.69, 9.17) is 38.4 Å². The van der Waals surface area contributed by atoms with Crippen LogP contribution in [0.15, 0.2) is 72.3 Å². The van der Waals surface area contributed by atoms with Crippen LogP contribution in [0.1, 0.15) is 21.5 Å². The second-order valence-electron chi connectivity index (χ2n) is 7.61. The van der Waals surface area contributed by atoms with E-state index in [0.29, 0.717) is 33.3 Å².